The van der Waals surface area contributed by atoms with Crippen molar-refractivity contribution in [3.8, 4) is 0 Å². The molecule has 1 aliphatic rings. The van der Waals surface area contributed by atoms with Crippen molar-refractivity contribution in [1.82, 2.24) is 9.55 Å². The molecule has 3 rings (SSSR count). The maximum atomic E-state index is 12.7. The molecule has 2 aromatic rings. The van der Waals surface area contributed by atoms with Crippen LogP contribution in [-0.4, -0.2) is 45.7 Å². The van der Waals surface area contributed by atoms with Gasteiger partial charge in [-0.1, -0.05) is 0 Å². The summed E-state index contributed by atoms with van der Waals surface area (Å²) in [5, 5.41) is 9.87. The second-order valence-electron chi connectivity index (χ2n) is 7.87. The molecule has 2 N–H and O–H groups in total. The van der Waals surface area contributed by atoms with Crippen molar-refractivity contribution in [2.45, 2.75) is 66.2 Å². The predicted molar refractivity (Wildman–Crippen MR) is 108 cm³/mol. The van der Waals surface area contributed by atoms with Crippen LogP contribution in [0.15, 0.2) is 6.07 Å². The van der Waals surface area contributed by atoms with Gasteiger partial charge in [0.25, 0.3) is 0 Å². The largest absolute Gasteiger partial charge is 0.453 e. The molecule has 2 atom stereocenters. The molecule has 0 aromatic carbocycles. The molecule has 0 saturated carbocycles. The van der Waals surface area contributed by atoms with Crippen LogP contribution in [0, 0.1) is 27.7 Å². The minimum absolute atomic E-state index is 0.183. The summed E-state index contributed by atoms with van der Waals surface area (Å²) in [6.45, 7) is 10.3. The summed E-state index contributed by atoms with van der Waals surface area (Å²) in [4.78, 5) is 28.1. The number of hydrogen-bond acceptors (Lipinski definition) is 5. The molecule has 0 amide bonds. The van der Waals surface area contributed by atoms with Crippen LogP contribution in [0.4, 0.5) is 0 Å². The molecule has 1 saturated heterocycles. The van der Waals surface area contributed by atoms with Crippen molar-refractivity contribution < 1.29 is 24.2 Å². The fourth-order valence-corrected chi connectivity index (χ4v) is 4.23. The molecule has 0 bridgehead atoms. The number of hydrogen-bond donors (Lipinski definition) is 2. The van der Waals surface area contributed by atoms with Crippen molar-refractivity contribution in [3.63, 3.8) is 0 Å². The molecular formula is C22H30N2O5. The number of H-pyrrole nitrogens is 1. The van der Waals surface area contributed by atoms with Crippen LogP contribution in [-0.2, 0) is 16.0 Å². The number of rotatable bonds is 7. The number of ether oxygens (including phenoxy) is 2. The lowest BCUT2D eigenvalue weighted by molar-refractivity contribution is 0.0468. The van der Waals surface area contributed by atoms with Crippen LogP contribution < -0.4 is 0 Å². The molecule has 1 fully saturated rings. The molecule has 7 heteroatoms. The van der Waals surface area contributed by atoms with Gasteiger partial charge in [0.15, 0.2) is 6.61 Å². The maximum absolute atomic E-state index is 12.7. The Balaban J connectivity index is 1.68. The van der Waals surface area contributed by atoms with Crippen molar-refractivity contribution >= 4 is 11.8 Å². The van der Waals surface area contributed by atoms with Crippen LogP contribution >= 0.6 is 0 Å². The summed E-state index contributed by atoms with van der Waals surface area (Å²) in [5.74, 6) is -0.833. The van der Waals surface area contributed by atoms with Crippen LogP contribution in [0.25, 0.3) is 0 Å². The number of Topliss-reactive ketones (excluding diaryl/α,β-unsaturated/α-hetero) is 1. The summed E-state index contributed by atoms with van der Waals surface area (Å²) in [6, 6.07) is 1.84. The molecule has 29 heavy (non-hydrogen) atoms. The third kappa shape index (κ3) is 4.31. The van der Waals surface area contributed by atoms with E-state index in [1.807, 2.05) is 19.9 Å². The quantitative estimate of drug-likeness (QED) is 0.547. The van der Waals surface area contributed by atoms with E-state index in [-0.39, 0.29) is 24.2 Å². The highest BCUT2D eigenvalue weighted by Gasteiger charge is 2.24. The molecule has 7 nitrogen and oxygen atoms in total. The summed E-state index contributed by atoms with van der Waals surface area (Å²) in [6.07, 6.45) is 1.59. The van der Waals surface area contributed by atoms with Crippen molar-refractivity contribution in [1.29, 1.82) is 0 Å². The molecule has 0 spiro atoms. The van der Waals surface area contributed by atoms with Gasteiger partial charge in [0, 0.05) is 41.4 Å². The summed E-state index contributed by atoms with van der Waals surface area (Å²) in [7, 11) is 0. The normalized spacial score (nSPS) is 17.5. The first kappa shape index (κ1) is 21.3. The van der Waals surface area contributed by atoms with Crippen LogP contribution in [0.5, 0.6) is 0 Å². The third-order valence-electron chi connectivity index (χ3n) is 5.74. The lowest BCUT2D eigenvalue weighted by Crippen LogP contribution is -2.18. The first-order valence-electron chi connectivity index (χ1n) is 10.1. The van der Waals surface area contributed by atoms with Gasteiger partial charge >= 0.3 is 5.97 Å². The standard InChI is InChI=1S/C22H30N2O5/c1-12-9-18(15(4)24(12)10-17-7-6-8-28-17)19(26)11-29-22(27)21-13(2)20(16(5)25)14(3)23-21/h9,16-17,23,25H,6-8,10-11H2,1-5H3/t16-,17-/m1/s1. The number of nitrogens with one attached hydrogen (secondary N) is 1. The van der Waals surface area contributed by atoms with Gasteiger partial charge < -0.3 is 24.1 Å². The number of aromatic amines is 1. The van der Waals surface area contributed by atoms with E-state index in [1.54, 1.807) is 20.8 Å². The third-order valence-corrected chi connectivity index (χ3v) is 5.74. The van der Waals surface area contributed by atoms with Gasteiger partial charge in [0.2, 0.25) is 5.78 Å². The van der Waals surface area contributed by atoms with E-state index in [2.05, 4.69) is 9.55 Å². The Kier molecular flexibility index (Phi) is 6.29. The number of aliphatic hydroxyl groups excluding tert-OH is 1. The number of aliphatic hydroxyl groups is 1. The summed E-state index contributed by atoms with van der Waals surface area (Å²) >= 11 is 0. The lowest BCUT2D eigenvalue weighted by Gasteiger charge is -2.14. The first-order valence-corrected chi connectivity index (χ1v) is 10.1. The Hall–Kier alpha value is -2.38. The lowest BCUT2D eigenvalue weighted by atomic mass is 10.1. The highest BCUT2D eigenvalue weighted by molar-refractivity contribution is 6.00. The number of nitrogens with zero attached hydrogens (tertiary/aromatic N) is 1. The number of carbonyl (C=O) groups is 2. The molecule has 0 unspecified atom stereocenters. The van der Waals surface area contributed by atoms with Crippen LogP contribution in [0.1, 0.15) is 74.9 Å². The number of ketones is 1. The van der Waals surface area contributed by atoms with E-state index in [9.17, 15) is 14.7 Å². The SMILES string of the molecule is Cc1[nH]c(C(=O)OCC(=O)c2cc(C)n(C[C@H]3CCCO3)c2C)c(C)c1[C@@H](C)O. The average Bonchev–Trinajstić information content (AvgIpc) is 3.34. The Morgan fingerprint density at radius 3 is 2.66 bits per heavy atom. The van der Waals surface area contributed by atoms with Gasteiger partial charge in [0.1, 0.15) is 5.69 Å². The van der Waals surface area contributed by atoms with E-state index in [0.717, 1.165) is 37.4 Å². The number of aryl methyl sites for hydroxylation is 2. The zero-order valence-corrected chi connectivity index (χ0v) is 17.8. The summed E-state index contributed by atoms with van der Waals surface area (Å²) < 4.78 is 13.1. The van der Waals surface area contributed by atoms with E-state index in [0.29, 0.717) is 22.4 Å². The Labute approximate surface area is 171 Å². The van der Waals surface area contributed by atoms with Gasteiger partial charge in [-0.05, 0) is 59.1 Å². The van der Waals surface area contributed by atoms with Crippen LogP contribution in [0.2, 0.25) is 0 Å². The van der Waals surface area contributed by atoms with E-state index >= 15 is 0 Å². The smallest absolute Gasteiger partial charge is 0.355 e. The maximum Gasteiger partial charge on any atom is 0.355 e. The highest BCUT2D eigenvalue weighted by Crippen LogP contribution is 2.25. The van der Waals surface area contributed by atoms with Gasteiger partial charge in [-0.15, -0.1) is 0 Å². The fraction of sp³-hybridized carbons (Fsp3) is 0.545. The second-order valence-corrected chi connectivity index (χ2v) is 7.87. The van der Waals surface area contributed by atoms with Crippen molar-refractivity contribution in [2.24, 2.45) is 0 Å². The average molecular weight is 402 g/mol. The van der Waals surface area contributed by atoms with Crippen LogP contribution in [0.3, 0.4) is 0 Å². The Bertz CT molecular complexity index is 916. The minimum Gasteiger partial charge on any atom is -0.453 e. The number of aromatic nitrogens is 2. The van der Waals surface area contributed by atoms with Gasteiger partial charge in [-0.25, -0.2) is 4.79 Å². The number of esters is 1. The highest BCUT2D eigenvalue weighted by atomic mass is 16.5. The molecule has 158 valence electrons. The zero-order chi connectivity index (χ0) is 21.3. The number of carbonyl (C=O) groups excluding carboxylic acids is 2. The molecular weight excluding hydrogens is 372 g/mol. The van der Waals surface area contributed by atoms with Gasteiger partial charge in [-0.2, -0.15) is 0 Å². The van der Waals surface area contributed by atoms with E-state index in [4.69, 9.17) is 9.47 Å². The minimum atomic E-state index is -0.691. The summed E-state index contributed by atoms with van der Waals surface area (Å²) in [5.41, 5.74) is 4.74. The van der Waals surface area contributed by atoms with E-state index in [1.165, 1.54) is 0 Å². The molecule has 2 aromatic heterocycles. The van der Waals surface area contributed by atoms with Gasteiger partial charge in [-0.3, -0.25) is 4.79 Å². The topological polar surface area (TPSA) is 93.6 Å². The fourth-order valence-electron chi connectivity index (χ4n) is 4.23. The Morgan fingerprint density at radius 2 is 2.07 bits per heavy atom. The van der Waals surface area contributed by atoms with E-state index < -0.39 is 12.1 Å². The molecule has 0 radical (unpaired) electrons. The van der Waals surface area contributed by atoms with Crippen molar-refractivity contribution in [3.05, 3.63) is 45.5 Å². The monoisotopic (exact) mass is 402 g/mol. The molecule has 3 heterocycles. The first-order chi connectivity index (χ1) is 13.7. The zero-order valence-electron chi connectivity index (χ0n) is 17.8. The van der Waals surface area contributed by atoms with Gasteiger partial charge in [0.05, 0.1) is 12.2 Å². The second kappa shape index (κ2) is 8.55. The van der Waals surface area contributed by atoms with Crippen molar-refractivity contribution in [2.75, 3.05) is 13.2 Å². The Morgan fingerprint density at radius 1 is 1.34 bits per heavy atom. The molecule has 0 aliphatic carbocycles. The predicted octanol–water partition coefficient (Wildman–Crippen LogP) is 3.32. The molecule has 1 aliphatic heterocycles.